The number of rotatable bonds is 88. The van der Waals surface area contributed by atoms with Gasteiger partial charge in [-0.2, -0.15) is 0 Å². The van der Waals surface area contributed by atoms with Crippen molar-refractivity contribution in [1.82, 2.24) is 0 Å². The van der Waals surface area contributed by atoms with Crippen LogP contribution in [0.5, 0.6) is 0 Å². The molecule has 121 heavy (non-hydrogen) atoms. The van der Waals surface area contributed by atoms with Crippen molar-refractivity contribution in [3.8, 4) is 0 Å². The molecule has 18 heteroatoms. The monoisotopic (exact) mass is 1730 g/mol. The summed E-state index contributed by atoms with van der Waals surface area (Å²) in [5.41, 5.74) is 0. The lowest BCUT2D eigenvalue weighted by Crippen LogP contribution is -2.29. The van der Waals surface area contributed by atoms with Crippen LogP contribution < -0.4 is 0 Å². The van der Waals surface area contributed by atoms with Gasteiger partial charge in [-0.15, -0.1) is 0 Å². The Morgan fingerprint density at radius 2 is 0.430 bits per heavy atom. The highest BCUT2D eigenvalue weighted by molar-refractivity contribution is 7.47. The molecule has 4 N–H and O–H groups in total. The first-order valence-corrected chi connectivity index (χ1v) is 50.4. The Hall–Kier alpha value is -5.87. The molecule has 0 spiro atoms. The highest BCUT2D eigenvalue weighted by atomic mass is 31.2. The van der Waals surface area contributed by atoms with Gasteiger partial charge in [0.1, 0.15) is 25.4 Å². The van der Waals surface area contributed by atoms with Crippen LogP contribution in [-0.2, 0) is 55.8 Å². The van der Waals surface area contributed by atoms with Crippen LogP contribution >= 0.6 is 15.6 Å². The molecule has 0 rings (SSSR count). The maximum atomic E-state index is 13.0. The Morgan fingerprint density at radius 3 is 0.686 bits per heavy atom. The molecule has 0 aliphatic heterocycles. The van der Waals surface area contributed by atoms with E-state index in [0.29, 0.717) is 25.7 Å². The second-order valence-electron chi connectivity index (χ2n) is 31.0. The molecule has 0 bridgehead atoms. The summed E-state index contributed by atoms with van der Waals surface area (Å²) in [5, 5.41) is 20.7. The summed E-state index contributed by atoms with van der Waals surface area (Å²) in [5.74, 6) is -1.67. The SMILES string of the molecule is CC/C=C\C/C=C\C/C=C\C/C=C\C/C=C\C/C=C\CCCCCCCCCCCCCCCCCCC(=O)OCC(O)COP(=O)(O)OCC(O)COP(=O)(O)OCC(COC(=O)CCCCCCCCCCCCCCCCC/C=C\C/C=C\C/C=C\C/C=C\C/C=C\CC)OC(=O)CC/C=C\C/C=C\C/C=C\C/C=C\C/C=C\C/C=C\CC. The smallest absolute Gasteiger partial charge is 0.463 e. The summed E-state index contributed by atoms with van der Waals surface area (Å²) in [4.78, 5) is 59.0. The molecule has 0 saturated carbocycles. The molecule has 0 radical (unpaired) electrons. The van der Waals surface area contributed by atoms with E-state index < -0.39 is 91.5 Å². The lowest BCUT2D eigenvalue weighted by Gasteiger charge is -2.21. The van der Waals surface area contributed by atoms with Gasteiger partial charge in [0.15, 0.2) is 6.10 Å². The second-order valence-corrected chi connectivity index (χ2v) is 33.9. The fraction of sp³-hybridized carbons (Fsp3) is 0.641. The summed E-state index contributed by atoms with van der Waals surface area (Å²) in [7, 11) is -9.84. The molecule has 0 heterocycles. The predicted molar refractivity (Wildman–Crippen MR) is 509 cm³/mol. The van der Waals surface area contributed by atoms with E-state index in [1.807, 2.05) is 18.2 Å². The van der Waals surface area contributed by atoms with Crippen LogP contribution in [0.3, 0.4) is 0 Å². The molecule has 0 amide bonds. The van der Waals surface area contributed by atoms with Crippen LogP contribution in [0.4, 0.5) is 0 Å². The number of phosphoric acid groups is 2. The highest BCUT2D eigenvalue weighted by Crippen LogP contribution is 2.45. The normalized spacial score (nSPS) is 14.7. The Labute approximate surface area is 737 Å². The van der Waals surface area contributed by atoms with E-state index in [0.717, 1.165) is 154 Å². The van der Waals surface area contributed by atoms with Crippen molar-refractivity contribution in [1.29, 1.82) is 0 Å². The fourth-order valence-electron chi connectivity index (χ4n) is 12.5. The average Bonchev–Trinajstić information content (AvgIpc) is 0.895. The van der Waals surface area contributed by atoms with Gasteiger partial charge < -0.3 is 34.2 Å². The van der Waals surface area contributed by atoms with Gasteiger partial charge in [-0.1, -0.05) is 401 Å². The summed E-state index contributed by atoms with van der Waals surface area (Å²) in [6.45, 7) is 2.28. The number of hydrogen-bond acceptors (Lipinski definition) is 14. The Bertz CT molecular complexity index is 3030. The number of aliphatic hydroxyl groups is 2. The predicted octanol–water partition coefficient (Wildman–Crippen LogP) is 29.6. The fourth-order valence-corrected chi connectivity index (χ4v) is 14.0. The van der Waals surface area contributed by atoms with Gasteiger partial charge in [-0.05, 0) is 154 Å². The minimum atomic E-state index is -4.97. The molecular formula is C103H170O16P2. The van der Waals surface area contributed by atoms with Crippen LogP contribution in [0, 0.1) is 0 Å². The quantitative estimate of drug-likeness (QED) is 0.0146. The molecule has 0 aliphatic rings. The molecule has 0 aromatic carbocycles. The van der Waals surface area contributed by atoms with Crippen molar-refractivity contribution in [2.24, 2.45) is 0 Å². The van der Waals surface area contributed by atoms with E-state index in [1.165, 1.54) is 148 Å². The van der Waals surface area contributed by atoms with Crippen molar-refractivity contribution >= 4 is 33.6 Å². The number of hydrogen-bond donors (Lipinski definition) is 4. The first-order chi connectivity index (χ1) is 59.2. The van der Waals surface area contributed by atoms with Crippen molar-refractivity contribution in [2.75, 3.05) is 39.6 Å². The second kappa shape index (κ2) is 93.3. The third kappa shape index (κ3) is 94.6. The molecular weight excluding hydrogens is 1560 g/mol. The van der Waals surface area contributed by atoms with Gasteiger partial charge in [-0.3, -0.25) is 32.5 Å². The first kappa shape index (κ1) is 115. The highest BCUT2D eigenvalue weighted by Gasteiger charge is 2.29. The number of carbonyl (C=O) groups excluding carboxylic acids is 3. The summed E-state index contributed by atoms with van der Waals surface area (Å²) < 4.78 is 61.4. The number of esters is 3. The van der Waals surface area contributed by atoms with Gasteiger partial charge in [0.25, 0.3) is 0 Å². The number of aliphatic hydroxyl groups excluding tert-OH is 2. The topological polar surface area (TPSA) is 231 Å². The van der Waals surface area contributed by atoms with Crippen LogP contribution in [0.15, 0.2) is 207 Å². The van der Waals surface area contributed by atoms with Crippen molar-refractivity contribution in [3.63, 3.8) is 0 Å². The van der Waals surface area contributed by atoms with Crippen LogP contribution in [0.2, 0.25) is 0 Å². The van der Waals surface area contributed by atoms with Gasteiger partial charge in [0.2, 0.25) is 0 Å². The summed E-state index contributed by atoms with van der Waals surface area (Å²) in [6.07, 6.45) is 126. The lowest BCUT2D eigenvalue weighted by molar-refractivity contribution is -0.161. The number of unbranched alkanes of at least 4 members (excludes halogenated alkanes) is 31. The van der Waals surface area contributed by atoms with Crippen molar-refractivity contribution in [2.45, 2.75) is 386 Å². The van der Waals surface area contributed by atoms with Gasteiger partial charge >= 0.3 is 33.6 Å². The van der Waals surface area contributed by atoms with Crippen LogP contribution in [0.1, 0.15) is 367 Å². The maximum Gasteiger partial charge on any atom is 0.472 e. The zero-order valence-corrected chi connectivity index (χ0v) is 77.7. The standard InChI is InChI=1S/C103H170O16P2/c1-4-7-10-13-16-19-22-25-28-31-34-36-38-40-42-44-46-47-48-49-51-53-54-56-58-60-63-65-68-71-74-77-80-83-86-89-101(106)113-92-98(104)93-115-120(109,110)116-94-99(105)95-117-121(111,112)118-97-100(119-103(108)91-88-85-82-79-76-73-70-67-62-33-30-27-24-21-18-15-12-9-6-3)96-114-102(107)90-87-84-81-78-75-72-69-66-64-61-59-57-55-52-50-45-43-41-39-37-35-32-29-26-23-20-17-14-11-8-5-2/h7-12,16-21,25-30,34-37,40-43,46-47,62,67,73,76,82,85,98-100,104-105H,4-6,13-15,22-24,31-33,38-39,44-45,48-61,63-66,68-72,74-75,77-81,83-84,86-97H2,1-3H3,(H,109,110)(H,111,112)/b10-7-,11-8-,12-9-,19-16-,20-17-,21-18-,28-25-,29-26-,30-27-,36-34-,37-35-,42-40-,43-41-,47-46-,67-62-,76-73-,85-82-. The molecule has 5 unspecified atom stereocenters. The van der Waals surface area contributed by atoms with E-state index in [4.69, 9.17) is 32.3 Å². The molecule has 0 aromatic rings. The van der Waals surface area contributed by atoms with Crippen LogP contribution in [0.25, 0.3) is 0 Å². The minimum absolute atomic E-state index is 0.0257. The zero-order chi connectivity index (χ0) is 87.9. The summed E-state index contributed by atoms with van der Waals surface area (Å²) >= 11 is 0. The first-order valence-electron chi connectivity index (χ1n) is 47.4. The molecule has 0 saturated heterocycles. The average molecular weight is 1730 g/mol. The van der Waals surface area contributed by atoms with E-state index in [-0.39, 0.29) is 19.3 Å². The molecule has 0 aliphatic carbocycles. The van der Waals surface area contributed by atoms with E-state index in [2.05, 4.69) is 209 Å². The molecule has 0 aromatic heterocycles. The van der Waals surface area contributed by atoms with Gasteiger partial charge in [0.05, 0.1) is 26.4 Å². The Kier molecular flexibility index (Phi) is 88.8. The molecule has 16 nitrogen and oxygen atoms in total. The van der Waals surface area contributed by atoms with Crippen molar-refractivity contribution in [3.05, 3.63) is 207 Å². The largest absolute Gasteiger partial charge is 0.472 e. The van der Waals surface area contributed by atoms with E-state index in [1.54, 1.807) is 0 Å². The molecule has 688 valence electrons. The van der Waals surface area contributed by atoms with Crippen LogP contribution in [-0.4, -0.2) is 95.9 Å². The Morgan fingerprint density at radius 1 is 0.231 bits per heavy atom. The molecule has 0 fully saturated rings. The zero-order valence-electron chi connectivity index (χ0n) is 75.9. The van der Waals surface area contributed by atoms with Crippen molar-refractivity contribution < 1.29 is 75.8 Å². The minimum Gasteiger partial charge on any atom is -0.463 e. The van der Waals surface area contributed by atoms with E-state index in [9.17, 15) is 43.5 Å². The number of phosphoric ester groups is 2. The summed E-state index contributed by atoms with van der Waals surface area (Å²) in [6, 6.07) is 0. The Balaban J connectivity index is 4.55. The number of allylic oxidation sites excluding steroid dienone is 34. The number of ether oxygens (including phenoxy) is 3. The lowest BCUT2D eigenvalue weighted by atomic mass is 10.0. The third-order valence-corrected chi connectivity index (χ3v) is 21.4. The van der Waals surface area contributed by atoms with E-state index >= 15 is 0 Å². The number of carbonyl (C=O) groups is 3. The maximum absolute atomic E-state index is 13.0. The van der Waals surface area contributed by atoms with Gasteiger partial charge in [-0.25, -0.2) is 9.13 Å². The molecule has 5 atom stereocenters. The third-order valence-electron chi connectivity index (χ3n) is 19.5. The van der Waals surface area contributed by atoms with Gasteiger partial charge in [0, 0.05) is 19.3 Å².